The number of carbonyl (C=O) groups excluding carboxylic acids is 1. The summed E-state index contributed by atoms with van der Waals surface area (Å²) in [6, 6.07) is 10.5. The van der Waals surface area contributed by atoms with E-state index in [1.54, 1.807) is 18.2 Å². The van der Waals surface area contributed by atoms with Gasteiger partial charge in [-0.15, -0.1) is 0 Å². The lowest BCUT2D eigenvalue weighted by Crippen LogP contribution is -2.22. The van der Waals surface area contributed by atoms with Crippen LogP contribution in [0, 0.1) is 0 Å². The zero-order chi connectivity index (χ0) is 19.6. The smallest absolute Gasteiger partial charge is 0.378 e. The maximum atomic E-state index is 13.1. The molecule has 0 saturated carbocycles. The van der Waals surface area contributed by atoms with Gasteiger partial charge in [0.15, 0.2) is 0 Å². The zero-order valence-corrected chi connectivity index (χ0v) is 15.3. The van der Waals surface area contributed by atoms with Crippen LogP contribution in [0.25, 0.3) is 0 Å². The third kappa shape index (κ3) is 4.35. The molecule has 0 bridgehead atoms. The van der Waals surface area contributed by atoms with E-state index in [0.29, 0.717) is 11.3 Å². The van der Waals surface area contributed by atoms with Gasteiger partial charge in [0.1, 0.15) is 0 Å². The third-order valence-corrected chi connectivity index (χ3v) is 4.64. The van der Waals surface area contributed by atoms with Gasteiger partial charge in [0.25, 0.3) is 5.91 Å². The fourth-order valence-corrected chi connectivity index (χ4v) is 3.17. The highest BCUT2D eigenvalue weighted by atomic mass is 19.4. The van der Waals surface area contributed by atoms with Gasteiger partial charge < -0.3 is 15.1 Å². The lowest BCUT2D eigenvalue weighted by Gasteiger charge is -2.23. The van der Waals surface area contributed by atoms with E-state index in [-0.39, 0.29) is 5.69 Å². The molecule has 0 unspecified atom stereocenters. The van der Waals surface area contributed by atoms with Crippen molar-refractivity contribution in [3.63, 3.8) is 0 Å². The highest BCUT2D eigenvalue weighted by Gasteiger charge is 2.32. The summed E-state index contributed by atoms with van der Waals surface area (Å²) in [6.07, 6.45) is -2.49. The Balaban J connectivity index is 1.93. The number of rotatable bonds is 4. The van der Waals surface area contributed by atoms with Gasteiger partial charge in [0, 0.05) is 38.4 Å². The average Bonchev–Trinajstić information content (AvgIpc) is 3.15. The fourth-order valence-electron chi connectivity index (χ4n) is 3.17. The number of amides is 1. The Morgan fingerprint density at radius 1 is 1.07 bits per heavy atom. The molecule has 2 aromatic rings. The molecule has 2 aromatic carbocycles. The molecule has 1 fully saturated rings. The second-order valence-electron chi connectivity index (χ2n) is 6.82. The Kier molecular flexibility index (Phi) is 5.30. The van der Waals surface area contributed by atoms with Crippen LogP contribution >= 0.6 is 0 Å². The number of anilines is 3. The minimum absolute atomic E-state index is 0.187. The molecule has 1 amide bonds. The van der Waals surface area contributed by atoms with Crippen LogP contribution in [0.4, 0.5) is 30.2 Å². The Morgan fingerprint density at radius 2 is 1.78 bits per heavy atom. The SMILES string of the molecule is CN(C)c1cccc(C(=O)Nc2cc(C(F)(F)F)ccc2N2CCCC2)c1. The molecule has 7 heteroatoms. The molecule has 27 heavy (non-hydrogen) atoms. The van der Waals surface area contributed by atoms with Crippen molar-refractivity contribution in [3.8, 4) is 0 Å². The van der Waals surface area contributed by atoms with Crippen molar-refractivity contribution in [2.45, 2.75) is 19.0 Å². The summed E-state index contributed by atoms with van der Waals surface area (Å²) in [5.41, 5.74) is 1.27. The molecule has 0 aliphatic carbocycles. The largest absolute Gasteiger partial charge is 0.416 e. The van der Waals surface area contributed by atoms with Gasteiger partial charge >= 0.3 is 6.18 Å². The molecule has 4 nitrogen and oxygen atoms in total. The van der Waals surface area contributed by atoms with Gasteiger partial charge in [-0.2, -0.15) is 13.2 Å². The highest BCUT2D eigenvalue weighted by Crippen LogP contribution is 2.36. The van der Waals surface area contributed by atoms with E-state index < -0.39 is 17.6 Å². The molecule has 1 aliphatic heterocycles. The predicted molar refractivity (Wildman–Crippen MR) is 102 cm³/mol. The van der Waals surface area contributed by atoms with Gasteiger partial charge in [-0.1, -0.05) is 6.07 Å². The van der Waals surface area contributed by atoms with Crippen LogP contribution in [-0.2, 0) is 6.18 Å². The minimum atomic E-state index is -4.46. The van der Waals surface area contributed by atoms with E-state index in [4.69, 9.17) is 0 Å². The lowest BCUT2D eigenvalue weighted by molar-refractivity contribution is -0.137. The summed E-state index contributed by atoms with van der Waals surface area (Å²) in [4.78, 5) is 16.6. The zero-order valence-electron chi connectivity index (χ0n) is 15.3. The highest BCUT2D eigenvalue weighted by molar-refractivity contribution is 6.06. The van der Waals surface area contributed by atoms with Gasteiger partial charge in [-0.25, -0.2) is 0 Å². The van der Waals surface area contributed by atoms with Crippen molar-refractivity contribution in [2.75, 3.05) is 42.3 Å². The first-order valence-electron chi connectivity index (χ1n) is 8.80. The van der Waals surface area contributed by atoms with Crippen molar-refractivity contribution in [3.05, 3.63) is 53.6 Å². The number of alkyl halides is 3. The van der Waals surface area contributed by atoms with Crippen molar-refractivity contribution in [1.82, 2.24) is 0 Å². The number of benzene rings is 2. The first-order chi connectivity index (χ1) is 12.8. The average molecular weight is 377 g/mol. The summed E-state index contributed by atoms with van der Waals surface area (Å²) in [5.74, 6) is -0.432. The van der Waals surface area contributed by atoms with E-state index >= 15 is 0 Å². The molecule has 0 radical (unpaired) electrons. The van der Waals surface area contributed by atoms with Crippen LogP contribution in [0.1, 0.15) is 28.8 Å². The van der Waals surface area contributed by atoms with Gasteiger partial charge in [-0.3, -0.25) is 4.79 Å². The van der Waals surface area contributed by atoms with E-state index in [0.717, 1.165) is 43.8 Å². The Hall–Kier alpha value is -2.70. The summed E-state index contributed by atoms with van der Waals surface area (Å²) in [5, 5.41) is 2.68. The van der Waals surface area contributed by atoms with Crippen LogP contribution in [0.2, 0.25) is 0 Å². The molecule has 1 aliphatic rings. The maximum absolute atomic E-state index is 13.1. The van der Waals surface area contributed by atoms with Crippen molar-refractivity contribution in [2.24, 2.45) is 0 Å². The van der Waals surface area contributed by atoms with Crippen LogP contribution in [0.15, 0.2) is 42.5 Å². The van der Waals surface area contributed by atoms with Crippen molar-refractivity contribution < 1.29 is 18.0 Å². The number of nitrogens with one attached hydrogen (secondary N) is 1. The van der Waals surface area contributed by atoms with Crippen molar-refractivity contribution in [1.29, 1.82) is 0 Å². The first-order valence-corrected chi connectivity index (χ1v) is 8.80. The van der Waals surface area contributed by atoms with E-state index in [1.165, 1.54) is 6.07 Å². The molecule has 1 N–H and O–H groups in total. The summed E-state index contributed by atoms with van der Waals surface area (Å²) >= 11 is 0. The number of halogens is 3. The van der Waals surface area contributed by atoms with Crippen LogP contribution < -0.4 is 15.1 Å². The number of hydrogen-bond donors (Lipinski definition) is 1. The second kappa shape index (κ2) is 7.50. The number of nitrogens with zero attached hydrogens (tertiary/aromatic N) is 2. The number of carbonyl (C=O) groups is 1. The van der Waals surface area contributed by atoms with Gasteiger partial charge in [-0.05, 0) is 49.2 Å². The molecule has 144 valence electrons. The molecule has 1 heterocycles. The standard InChI is InChI=1S/C20H22F3N3O/c1-25(2)16-7-5-6-14(12-16)19(27)24-17-13-15(20(21,22)23)8-9-18(17)26-10-3-4-11-26/h5-9,12-13H,3-4,10-11H2,1-2H3,(H,24,27). The summed E-state index contributed by atoms with van der Waals surface area (Å²) < 4.78 is 39.4. The van der Waals surface area contributed by atoms with Crippen molar-refractivity contribution >= 4 is 23.0 Å². The summed E-state index contributed by atoms with van der Waals surface area (Å²) in [7, 11) is 3.71. The number of hydrogen-bond acceptors (Lipinski definition) is 3. The third-order valence-electron chi connectivity index (χ3n) is 4.64. The quantitative estimate of drug-likeness (QED) is 0.844. The molecule has 1 saturated heterocycles. The van der Waals surface area contributed by atoms with Gasteiger partial charge in [0.2, 0.25) is 0 Å². The maximum Gasteiger partial charge on any atom is 0.416 e. The second-order valence-corrected chi connectivity index (χ2v) is 6.82. The van der Waals surface area contributed by atoms with Crippen LogP contribution in [0.5, 0.6) is 0 Å². The Bertz CT molecular complexity index is 827. The lowest BCUT2D eigenvalue weighted by atomic mass is 10.1. The molecule has 0 spiro atoms. The Morgan fingerprint density at radius 3 is 2.41 bits per heavy atom. The van der Waals surface area contributed by atoms with Gasteiger partial charge in [0.05, 0.1) is 16.9 Å². The molecule has 0 aromatic heterocycles. The fraction of sp³-hybridized carbons (Fsp3) is 0.350. The minimum Gasteiger partial charge on any atom is -0.378 e. The first kappa shape index (κ1) is 19.1. The van der Waals surface area contributed by atoms with E-state index in [9.17, 15) is 18.0 Å². The summed E-state index contributed by atoms with van der Waals surface area (Å²) in [6.45, 7) is 1.54. The van der Waals surface area contributed by atoms with E-state index in [2.05, 4.69) is 5.32 Å². The molecular formula is C20H22F3N3O. The monoisotopic (exact) mass is 377 g/mol. The van der Waals surface area contributed by atoms with E-state index in [1.807, 2.05) is 30.0 Å². The van der Waals surface area contributed by atoms with Crippen LogP contribution in [0.3, 0.4) is 0 Å². The molecule has 0 atom stereocenters. The topological polar surface area (TPSA) is 35.6 Å². The Labute approximate surface area is 156 Å². The predicted octanol–water partition coefficient (Wildman–Crippen LogP) is 4.62. The normalized spacial score (nSPS) is 14.3. The molecular weight excluding hydrogens is 355 g/mol. The molecule has 3 rings (SSSR count). The van der Waals surface area contributed by atoms with Crippen LogP contribution in [-0.4, -0.2) is 33.1 Å².